The summed E-state index contributed by atoms with van der Waals surface area (Å²) in [6.07, 6.45) is 0. The molecule has 2 aromatic rings. The minimum absolute atomic E-state index is 0.617. The molecule has 0 spiro atoms. The SMILES string of the molecule is CCn1c(-c2ccccc2)csc1=N. The summed E-state index contributed by atoms with van der Waals surface area (Å²) < 4.78 is 2.01. The highest BCUT2D eigenvalue weighted by Gasteiger charge is 2.03. The van der Waals surface area contributed by atoms with E-state index >= 15 is 0 Å². The summed E-state index contributed by atoms with van der Waals surface area (Å²) in [5.74, 6) is 0. The normalized spacial score (nSPS) is 10.4. The Kier molecular flexibility index (Phi) is 2.50. The van der Waals surface area contributed by atoms with Crippen molar-refractivity contribution in [1.82, 2.24) is 4.57 Å². The number of hydrogen-bond donors (Lipinski definition) is 1. The van der Waals surface area contributed by atoms with E-state index in [2.05, 4.69) is 19.1 Å². The summed E-state index contributed by atoms with van der Waals surface area (Å²) in [4.78, 5) is 0.617. The van der Waals surface area contributed by atoms with Gasteiger partial charge in [-0.05, 0) is 12.5 Å². The Morgan fingerprint density at radius 3 is 2.64 bits per heavy atom. The van der Waals surface area contributed by atoms with E-state index in [-0.39, 0.29) is 0 Å². The minimum Gasteiger partial charge on any atom is -0.317 e. The van der Waals surface area contributed by atoms with E-state index in [0.717, 1.165) is 12.2 Å². The Labute approximate surface area is 87.0 Å². The van der Waals surface area contributed by atoms with Crippen molar-refractivity contribution in [3.8, 4) is 11.3 Å². The molecule has 0 fully saturated rings. The molecule has 1 aromatic heterocycles. The first-order valence-corrected chi connectivity index (χ1v) is 5.49. The van der Waals surface area contributed by atoms with Crippen molar-refractivity contribution in [2.24, 2.45) is 0 Å². The highest BCUT2D eigenvalue weighted by molar-refractivity contribution is 7.07. The number of nitrogens with one attached hydrogen (secondary N) is 1. The topological polar surface area (TPSA) is 28.8 Å². The molecule has 0 atom stereocenters. The first kappa shape index (κ1) is 9.21. The molecule has 1 N–H and O–H groups in total. The standard InChI is InChI=1S/C11H12N2S/c1-2-13-10(8-14-11(13)12)9-6-4-3-5-7-9/h3-8,12H,2H2,1H3. The van der Waals surface area contributed by atoms with Gasteiger partial charge in [-0.2, -0.15) is 0 Å². The van der Waals surface area contributed by atoms with E-state index in [4.69, 9.17) is 5.41 Å². The average Bonchev–Trinajstić information content (AvgIpc) is 2.61. The van der Waals surface area contributed by atoms with Gasteiger partial charge in [0.1, 0.15) is 0 Å². The van der Waals surface area contributed by atoms with Crippen LogP contribution in [0.25, 0.3) is 11.3 Å². The Bertz CT molecular complexity index is 468. The first-order valence-electron chi connectivity index (χ1n) is 4.61. The molecule has 0 unspecified atom stereocenters. The largest absolute Gasteiger partial charge is 0.317 e. The summed E-state index contributed by atoms with van der Waals surface area (Å²) in [7, 11) is 0. The second kappa shape index (κ2) is 3.80. The van der Waals surface area contributed by atoms with E-state index in [0.29, 0.717) is 4.80 Å². The van der Waals surface area contributed by atoms with Crippen LogP contribution >= 0.6 is 11.3 Å². The molecule has 2 rings (SSSR count). The Morgan fingerprint density at radius 1 is 1.29 bits per heavy atom. The maximum absolute atomic E-state index is 7.72. The fourth-order valence-corrected chi connectivity index (χ4v) is 2.34. The molecule has 0 saturated heterocycles. The molecular formula is C11H12N2S. The lowest BCUT2D eigenvalue weighted by atomic mass is 10.2. The second-order valence-corrected chi connectivity index (χ2v) is 3.89. The van der Waals surface area contributed by atoms with Crippen LogP contribution in [0.4, 0.5) is 0 Å². The molecule has 0 aliphatic carbocycles. The molecule has 2 nitrogen and oxygen atoms in total. The molecule has 1 aromatic carbocycles. The summed E-state index contributed by atoms with van der Waals surface area (Å²) in [6.45, 7) is 2.92. The summed E-state index contributed by atoms with van der Waals surface area (Å²) in [6, 6.07) is 10.2. The molecule has 0 radical (unpaired) electrons. The smallest absolute Gasteiger partial charge is 0.182 e. The Balaban J connectivity index is 2.57. The lowest BCUT2D eigenvalue weighted by molar-refractivity contribution is 0.735. The van der Waals surface area contributed by atoms with Crippen molar-refractivity contribution in [1.29, 1.82) is 5.41 Å². The van der Waals surface area contributed by atoms with E-state index < -0.39 is 0 Å². The van der Waals surface area contributed by atoms with Gasteiger partial charge in [0.15, 0.2) is 4.80 Å². The van der Waals surface area contributed by atoms with E-state index in [1.165, 1.54) is 16.9 Å². The second-order valence-electron chi connectivity index (χ2n) is 3.04. The molecule has 3 heteroatoms. The third-order valence-corrected chi connectivity index (χ3v) is 2.99. The van der Waals surface area contributed by atoms with Crippen molar-refractivity contribution < 1.29 is 0 Å². The van der Waals surface area contributed by atoms with Gasteiger partial charge in [0.05, 0.1) is 5.69 Å². The molecule has 1 heterocycles. The van der Waals surface area contributed by atoms with Crippen LogP contribution in [0.1, 0.15) is 6.92 Å². The molecule has 0 aliphatic rings. The van der Waals surface area contributed by atoms with Crippen LogP contribution in [0.2, 0.25) is 0 Å². The van der Waals surface area contributed by atoms with Gasteiger partial charge in [-0.25, -0.2) is 0 Å². The van der Waals surface area contributed by atoms with Crippen LogP contribution in [0.5, 0.6) is 0 Å². The maximum atomic E-state index is 7.72. The average molecular weight is 204 g/mol. The number of hydrogen-bond acceptors (Lipinski definition) is 2. The Morgan fingerprint density at radius 2 is 2.00 bits per heavy atom. The predicted molar refractivity (Wildman–Crippen MR) is 59.3 cm³/mol. The summed E-state index contributed by atoms with van der Waals surface area (Å²) >= 11 is 1.48. The van der Waals surface area contributed by atoms with Crippen molar-refractivity contribution in [2.75, 3.05) is 0 Å². The third kappa shape index (κ3) is 1.51. The van der Waals surface area contributed by atoms with Gasteiger partial charge in [-0.15, -0.1) is 11.3 Å². The highest BCUT2D eigenvalue weighted by atomic mass is 32.1. The van der Waals surface area contributed by atoms with Crippen LogP contribution in [-0.2, 0) is 6.54 Å². The van der Waals surface area contributed by atoms with Crippen molar-refractivity contribution in [3.63, 3.8) is 0 Å². The molecule has 0 amide bonds. The van der Waals surface area contributed by atoms with Gasteiger partial charge in [-0.1, -0.05) is 30.3 Å². The third-order valence-electron chi connectivity index (χ3n) is 2.20. The van der Waals surface area contributed by atoms with Crippen molar-refractivity contribution in [3.05, 3.63) is 40.5 Å². The van der Waals surface area contributed by atoms with Crippen molar-refractivity contribution >= 4 is 11.3 Å². The van der Waals surface area contributed by atoms with Gasteiger partial charge in [-0.3, -0.25) is 5.41 Å². The molecule has 0 bridgehead atoms. The van der Waals surface area contributed by atoms with E-state index in [1.54, 1.807) is 0 Å². The monoisotopic (exact) mass is 204 g/mol. The van der Waals surface area contributed by atoms with Gasteiger partial charge in [0.25, 0.3) is 0 Å². The lowest BCUT2D eigenvalue weighted by Crippen LogP contribution is -2.12. The maximum Gasteiger partial charge on any atom is 0.182 e. The van der Waals surface area contributed by atoms with Crippen LogP contribution in [-0.4, -0.2) is 4.57 Å². The molecule has 14 heavy (non-hydrogen) atoms. The van der Waals surface area contributed by atoms with Gasteiger partial charge in [0.2, 0.25) is 0 Å². The van der Waals surface area contributed by atoms with Crippen LogP contribution in [0.15, 0.2) is 35.7 Å². The number of thiazole rings is 1. The van der Waals surface area contributed by atoms with Crippen LogP contribution in [0.3, 0.4) is 0 Å². The van der Waals surface area contributed by atoms with Gasteiger partial charge < -0.3 is 4.57 Å². The van der Waals surface area contributed by atoms with E-state index in [1.807, 2.05) is 28.1 Å². The zero-order valence-electron chi connectivity index (χ0n) is 8.03. The quantitative estimate of drug-likeness (QED) is 0.779. The van der Waals surface area contributed by atoms with Crippen LogP contribution < -0.4 is 4.80 Å². The summed E-state index contributed by atoms with van der Waals surface area (Å²) in [5, 5.41) is 9.77. The fourth-order valence-electron chi connectivity index (χ4n) is 1.50. The van der Waals surface area contributed by atoms with Gasteiger partial charge in [0, 0.05) is 11.9 Å². The highest BCUT2D eigenvalue weighted by Crippen LogP contribution is 2.18. The predicted octanol–water partition coefficient (Wildman–Crippen LogP) is 2.72. The zero-order chi connectivity index (χ0) is 9.97. The molecule has 0 aliphatic heterocycles. The first-order chi connectivity index (χ1) is 6.83. The molecular weight excluding hydrogens is 192 g/mol. The minimum atomic E-state index is 0.617. The number of rotatable bonds is 2. The van der Waals surface area contributed by atoms with Gasteiger partial charge >= 0.3 is 0 Å². The lowest BCUT2D eigenvalue weighted by Gasteiger charge is -2.04. The van der Waals surface area contributed by atoms with E-state index in [9.17, 15) is 0 Å². The molecule has 0 saturated carbocycles. The Hall–Kier alpha value is -1.35. The van der Waals surface area contributed by atoms with Crippen LogP contribution in [0, 0.1) is 5.41 Å². The summed E-state index contributed by atoms with van der Waals surface area (Å²) in [5.41, 5.74) is 2.33. The molecule has 72 valence electrons. The number of nitrogens with zero attached hydrogens (tertiary/aromatic N) is 1. The fraction of sp³-hybridized carbons (Fsp3) is 0.182. The number of benzene rings is 1. The number of aromatic nitrogens is 1. The zero-order valence-corrected chi connectivity index (χ0v) is 8.84. The van der Waals surface area contributed by atoms with Crippen molar-refractivity contribution in [2.45, 2.75) is 13.5 Å².